The highest BCUT2D eigenvalue weighted by molar-refractivity contribution is 5.80. The molecule has 5 heteroatoms. The molecule has 150 valence electrons. The summed E-state index contributed by atoms with van der Waals surface area (Å²) in [4.78, 5) is 6.80. The first-order chi connectivity index (χ1) is 13.8. The first-order valence-corrected chi connectivity index (χ1v) is 10.2. The molecule has 0 spiro atoms. The normalized spacial score (nSPS) is 15.9. The minimum absolute atomic E-state index is 0.348. The van der Waals surface area contributed by atoms with Gasteiger partial charge >= 0.3 is 0 Å². The van der Waals surface area contributed by atoms with Crippen LogP contribution in [0.3, 0.4) is 0 Å². The first kappa shape index (κ1) is 20.2. The summed E-state index contributed by atoms with van der Waals surface area (Å²) in [6.07, 6.45) is 2.13. The van der Waals surface area contributed by atoms with Gasteiger partial charge in [-0.2, -0.15) is 0 Å². The van der Waals surface area contributed by atoms with Crippen LogP contribution in [0.15, 0.2) is 59.6 Å². The van der Waals surface area contributed by atoms with Gasteiger partial charge in [0, 0.05) is 38.4 Å². The van der Waals surface area contributed by atoms with Gasteiger partial charge in [0.15, 0.2) is 5.96 Å². The Kier molecular flexibility index (Phi) is 7.73. The molecule has 2 N–H and O–H groups in total. The van der Waals surface area contributed by atoms with Gasteiger partial charge in [-0.05, 0) is 37.0 Å². The number of guanidine groups is 1. The fraction of sp³-hybridized carbons (Fsp3) is 0.435. The number of nitrogens with zero attached hydrogens (tertiary/aromatic N) is 2. The van der Waals surface area contributed by atoms with E-state index < -0.39 is 0 Å². The molecular formula is C23H32N4O. The number of ether oxygens (including phenoxy) is 1. The Morgan fingerprint density at radius 2 is 1.79 bits per heavy atom. The van der Waals surface area contributed by atoms with Crippen molar-refractivity contribution < 1.29 is 4.74 Å². The van der Waals surface area contributed by atoms with E-state index in [1.807, 2.05) is 7.05 Å². The summed E-state index contributed by atoms with van der Waals surface area (Å²) in [5.41, 5.74) is 3.94. The molecule has 1 fully saturated rings. The molecule has 1 aliphatic rings. The molecule has 0 aromatic heterocycles. The average Bonchev–Trinajstić information content (AvgIpc) is 2.76. The molecule has 1 unspecified atom stereocenters. The minimum Gasteiger partial charge on any atom is -0.378 e. The van der Waals surface area contributed by atoms with Crippen LogP contribution in [0.1, 0.15) is 24.5 Å². The highest BCUT2D eigenvalue weighted by atomic mass is 16.5. The van der Waals surface area contributed by atoms with Gasteiger partial charge in [0.2, 0.25) is 0 Å². The number of para-hydroxylation sites is 1. The molecule has 1 heterocycles. The molecule has 28 heavy (non-hydrogen) atoms. The molecule has 0 saturated carbocycles. The highest BCUT2D eigenvalue weighted by Crippen LogP contribution is 2.21. The molecule has 5 nitrogen and oxygen atoms in total. The van der Waals surface area contributed by atoms with Crippen LogP contribution in [-0.2, 0) is 17.7 Å². The third-order valence-corrected chi connectivity index (χ3v) is 5.11. The fourth-order valence-corrected chi connectivity index (χ4v) is 3.48. The molecule has 2 aromatic rings. The lowest BCUT2D eigenvalue weighted by molar-refractivity contribution is 0.122. The van der Waals surface area contributed by atoms with Crippen LogP contribution in [0.25, 0.3) is 0 Å². The van der Waals surface area contributed by atoms with Crippen LogP contribution in [0.2, 0.25) is 0 Å². The highest BCUT2D eigenvalue weighted by Gasteiger charge is 2.14. The van der Waals surface area contributed by atoms with Gasteiger partial charge in [0.05, 0.1) is 13.2 Å². The van der Waals surface area contributed by atoms with Crippen LogP contribution in [-0.4, -0.2) is 45.4 Å². The number of nitrogens with one attached hydrogen (secondary N) is 2. The number of rotatable bonds is 7. The van der Waals surface area contributed by atoms with Crippen LogP contribution in [0.4, 0.5) is 5.69 Å². The Bertz CT molecular complexity index is 741. The van der Waals surface area contributed by atoms with Crippen molar-refractivity contribution in [2.45, 2.75) is 32.4 Å². The number of aryl methyl sites for hydroxylation is 1. The Morgan fingerprint density at radius 3 is 2.54 bits per heavy atom. The summed E-state index contributed by atoms with van der Waals surface area (Å²) < 4.78 is 5.49. The van der Waals surface area contributed by atoms with E-state index in [4.69, 9.17) is 4.74 Å². The molecule has 0 bridgehead atoms. The number of aliphatic imine (C=N–C) groups is 1. The first-order valence-electron chi connectivity index (χ1n) is 10.2. The Morgan fingerprint density at radius 1 is 1.07 bits per heavy atom. The summed E-state index contributed by atoms with van der Waals surface area (Å²) in [6.45, 7) is 6.44. The maximum absolute atomic E-state index is 5.49. The summed E-state index contributed by atoms with van der Waals surface area (Å²) in [5.74, 6) is 0.845. The molecule has 0 radical (unpaired) electrons. The van der Waals surface area contributed by atoms with Gasteiger partial charge < -0.3 is 20.3 Å². The quantitative estimate of drug-likeness (QED) is 0.572. The average molecular weight is 381 g/mol. The molecule has 1 atom stereocenters. The fourth-order valence-electron chi connectivity index (χ4n) is 3.48. The van der Waals surface area contributed by atoms with Crippen LogP contribution >= 0.6 is 0 Å². The van der Waals surface area contributed by atoms with Crippen LogP contribution in [0, 0.1) is 0 Å². The predicted octanol–water partition coefficient (Wildman–Crippen LogP) is 3.21. The van der Waals surface area contributed by atoms with Gasteiger partial charge in [-0.25, -0.2) is 0 Å². The van der Waals surface area contributed by atoms with Crippen LogP contribution < -0.4 is 15.5 Å². The lowest BCUT2D eigenvalue weighted by Gasteiger charge is -2.30. The topological polar surface area (TPSA) is 48.9 Å². The third kappa shape index (κ3) is 5.99. The maximum Gasteiger partial charge on any atom is 0.191 e. The standard InChI is InChI=1S/C23H32N4O/c1-19(12-13-20-8-4-3-5-9-20)26-23(24-2)25-18-21-10-6-7-11-22(21)27-14-16-28-17-15-27/h3-11,19H,12-18H2,1-2H3,(H2,24,25,26). The van der Waals surface area contributed by atoms with Crippen molar-refractivity contribution in [1.29, 1.82) is 0 Å². The van der Waals surface area contributed by atoms with E-state index in [9.17, 15) is 0 Å². The van der Waals surface area contributed by atoms with Gasteiger partial charge in [0.25, 0.3) is 0 Å². The van der Waals surface area contributed by atoms with Crippen LogP contribution in [0.5, 0.6) is 0 Å². The summed E-state index contributed by atoms with van der Waals surface area (Å²) in [7, 11) is 1.83. The lowest BCUT2D eigenvalue weighted by atomic mass is 10.1. The van der Waals surface area contributed by atoms with Gasteiger partial charge in [-0.15, -0.1) is 0 Å². The lowest BCUT2D eigenvalue weighted by Crippen LogP contribution is -2.42. The number of hydrogen-bond acceptors (Lipinski definition) is 3. The van der Waals surface area contributed by atoms with Gasteiger partial charge in [-0.3, -0.25) is 4.99 Å². The smallest absolute Gasteiger partial charge is 0.191 e. The van der Waals surface area contributed by atoms with E-state index in [2.05, 4.69) is 82.0 Å². The maximum atomic E-state index is 5.49. The summed E-state index contributed by atoms with van der Waals surface area (Å²) in [6, 6.07) is 19.6. The van der Waals surface area contributed by atoms with E-state index in [1.54, 1.807) is 0 Å². The van der Waals surface area contributed by atoms with Gasteiger partial charge in [0.1, 0.15) is 0 Å². The Balaban J connectivity index is 1.51. The molecule has 0 amide bonds. The zero-order chi connectivity index (χ0) is 19.6. The third-order valence-electron chi connectivity index (χ3n) is 5.11. The van der Waals surface area contributed by atoms with Crippen molar-refractivity contribution in [1.82, 2.24) is 10.6 Å². The van der Waals surface area contributed by atoms with Gasteiger partial charge in [-0.1, -0.05) is 48.5 Å². The SMILES string of the molecule is CN=C(NCc1ccccc1N1CCOCC1)NC(C)CCc1ccccc1. The summed E-state index contributed by atoms with van der Waals surface area (Å²) >= 11 is 0. The van der Waals surface area contributed by atoms with E-state index in [0.717, 1.165) is 51.6 Å². The van der Waals surface area contributed by atoms with Crippen molar-refractivity contribution in [2.75, 3.05) is 38.3 Å². The monoisotopic (exact) mass is 380 g/mol. The van der Waals surface area contributed by atoms with Crippen molar-refractivity contribution in [3.63, 3.8) is 0 Å². The van der Waals surface area contributed by atoms with E-state index in [0.29, 0.717) is 6.04 Å². The number of anilines is 1. The van der Waals surface area contributed by atoms with E-state index in [1.165, 1.54) is 16.8 Å². The minimum atomic E-state index is 0.348. The molecule has 3 rings (SSSR count). The predicted molar refractivity (Wildman–Crippen MR) is 117 cm³/mol. The van der Waals surface area contributed by atoms with E-state index >= 15 is 0 Å². The molecule has 1 saturated heterocycles. The number of morpholine rings is 1. The zero-order valence-corrected chi connectivity index (χ0v) is 17.0. The Hall–Kier alpha value is -2.53. The molecule has 0 aliphatic carbocycles. The second kappa shape index (κ2) is 10.7. The Labute approximate surface area is 168 Å². The largest absolute Gasteiger partial charge is 0.378 e. The van der Waals surface area contributed by atoms with Crippen molar-refractivity contribution in [3.05, 3.63) is 65.7 Å². The van der Waals surface area contributed by atoms with E-state index in [-0.39, 0.29) is 0 Å². The van der Waals surface area contributed by atoms with Crippen molar-refractivity contribution >= 4 is 11.6 Å². The summed E-state index contributed by atoms with van der Waals surface area (Å²) in [5, 5.41) is 6.99. The molecule has 1 aliphatic heterocycles. The van der Waals surface area contributed by atoms with Crippen molar-refractivity contribution in [2.24, 2.45) is 4.99 Å². The second-order valence-corrected chi connectivity index (χ2v) is 7.22. The zero-order valence-electron chi connectivity index (χ0n) is 17.0. The number of hydrogen-bond donors (Lipinski definition) is 2. The number of benzene rings is 2. The van der Waals surface area contributed by atoms with Crippen molar-refractivity contribution in [3.8, 4) is 0 Å². The molecule has 2 aromatic carbocycles. The molecular weight excluding hydrogens is 348 g/mol. The second-order valence-electron chi connectivity index (χ2n) is 7.22.